The van der Waals surface area contributed by atoms with Crippen molar-refractivity contribution < 1.29 is 22.9 Å². The van der Waals surface area contributed by atoms with Gasteiger partial charge < -0.3 is 10.4 Å². The second kappa shape index (κ2) is 7.42. The molecular weight excluding hydrogens is 368 g/mol. The molecule has 0 aliphatic carbocycles. The van der Waals surface area contributed by atoms with Gasteiger partial charge in [-0.3, -0.25) is 13.9 Å². The number of hydrogen-bond donors (Lipinski definition) is 3. The Morgan fingerprint density at radius 3 is 2.44 bits per heavy atom. The molecule has 8 heteroatoms. The van der Waals surface area contributed by atoms with Gasteiger partial charge in [0.05, 0.1) is 11.7 Å². The number of hydrogen-bond acceptors (Lipinski definition) is 4. The van der Waals surface area contributed by atoms with Gasteiger partial charge in [-0.1, -0.05) is 30.3 Å². The molecule has 0 radical (unpaired) electrons. The number of nitrogens with zero attached hydrogens (tertiary/aromatic N) is 1. The lowest BCUT2D eigenvalue weighted by molar-refractivity contribution is -0.122. The van der Waals surface area contributed by atoms with Gasteiger partial charge in [0.1, 0.15) is 0 Å². The van der Waals surface area contributed by atoms with Crippen molar-refractivity contribution in [2.75, 3.05) is 12.3 Å². The van der Waals surface area contributed by atoms with Crippen molar-refractivity contribution in [1.29, 1.82) is 0 Å². The summed E-state index contributed by atoms with van der Waals surface area (Å²) in [6.07, 6.45) is 1.84. The molecule has 1 amide bonds. The molecule has 1 aromatic heterocycles. The Morgan fingerprint density at radius 1 is 1.15 bits per heavy atom. The summed E-state index contributed by atoms with van der Waals surface area (Å²) in [4.78, 5) is 12.1. The Labute approximate surface area is 157 Å². The van der Waals surface area contributed by atoms with E-state index in [1.807, 2.05) is 30.5 Å². The lowest BCUT2D eigenvalue weighted by Gasteiger charge is -2.13. The van der Waals surface area contributed by atoms with E-state index in [4.69, 9.17) is 4.55 Å². The highest BCUT2D eigenvalue weighted by atomic mass is 32.2. The van der Waals surface area contributed by atoms with Gasteiger partial charge in [0.2, 0.25) is 11.8 Å². The molecule has 3 aromatic rings. The van der Waals surface area contributed by atoms with Gasteiger partial charge >= 0.3 is 0 Å². The van der Waals surface area contributed by atoms with Crippen LogP contribution in [0.3, 0.4) is 0 Å². The van der Waals surface area contributed by atoms with E-state index < -0.39 is 21.8 Å². The SMILES string of the molecule is CC(C(=O)NCCS(=O)(=O)O)c1ccc(-n2cc3ccccc3c2O)cc1. The number of aromatic hydroxyl groups is 1. The fourth-order valence-electron chi connectivity index (χ4n) is 2.87. The topological polar surface area (TPSA) is 109 Å². The van der Waals surface area contributed by atoms with Crippen LogP contribution in [0.2, 0.25) is 0 Å². The monoisotopic (exact) mass is 388 g/mol. The highest BCUT2D eigenvalue weighted by Gasteiger charge is 2.16. The smallest absolute Gasteiger partial charge is 0.266 e. The molecule has 1 atom stereocenters. The van der Waals surface area contributed by atoms with E-state index in [0.29, 0.717) is 0 Å². The second-order valence-corrected chi connectivity index (χ2v) is 7.87. The molecule has 3 rings (SSSR count). The van der Waals surface area contributed by atoms with E-state index in [-0.39, 0.29) is 18.3 Å². The van der Waals surface area contributed by atoms with E-state index in [9.17, 15) is 18.3 Å². The van der Waals surface area contributed by atoms with Crippen molar-refractivity contribution in [1.82, 2.24) is 9.88 Å². The van der Waals surface area contributed by atoms with Crippen molar-refractivity contribution in [3.05, 3.63) is 60.3 Å². The van der Waals surface area contributed by atoms with Crippen molar-refractivity contribution in [2.24, 2.45) is 0 Å². The lowest BCUT2D eigenvalue weighted by atomic mass is 10.00. The van der Waals surface area contributed by atoms with Crippen molar-refractivity contribution in [3.8, 4) is 11.6 Å². The van der Waals surface area contributed by atoms with Crippen LogP contribution in [0, 0.1) is 0 Å². The molecule has 1 heterocycles. The zero-order valence-corrected chi connectivity index (χ0v) is 15.5. The first-order chi connectivity index (χ1) is 12.8. The van der Waals surface area contributed by atoms with Gasteiger partial charge in [-0.25, -0.2) is 0 Å². The molecule has 142 valence electrons. The largest absolute Gasteiger partial charge is 0.494 e. The number of aromatic nitrogens is 1. The number of rotatable bonds is 6. The van der Waals surface area contributed by atoms with Crippen LogP contribution in [-0.4, -0.2) is 40.8 Å². The number of carbonyl (C=O) groups is 1. The fourth-order valence-corrected chi connectivity index (χ4v) is 3.23. The first-order valence-electron chi connectivity index (χ1n) is 8.38. The minimum Gasteiger partial charge on any atom is -0.494 e. The zero-order chi connectivity index (χ0) is 19.6. The standard InChI is InChI=1S/C19H20N2O5S/c1-13(18(22)20-10-11-27(24,25)26)14-6-8-16(9-7-14)21-12-15-4-2-3-5-17(15)19(21)23/h2-9,12-13,23H,10-11H2,1H3,(H,20,22)(H,24,25,26). The number of carbonyl (C=O) groups excluding carboxylic acids is 1. The summed E-state index contributed by atoms with van der Waals surface area (Å²) < 4.78 is 31.8. The van der Waals surface area contributed by atoms with Crippen LogP contribution in [0.5, 0.6) is 5.88 Å². The maximum absolute atomic E-state index is 12.1. The van der Waals surface area contributed by atoms with E-state index >= 15 is 0 Å². The molecule has 0 aliphatic heterocycles. The first kappa shape index (κ1) is 18.9. The summed E-state index contributed by atoms with van der Waals surface area (Å²) in [5, 5.41) is 14.6. The average molecular weight is 388 g/mol. The highest BCUT2D eigenvalue weighted by Crippen LogP contribution is 2.30. The molecule has 3 N–H and O–H groups in total. The van der Waals surface area contributed by atoms with Gasteiger partial charge in [-0.2, -0.15) is 8.42 Å². The Kier molecular flexibility index (Phi) is 5.20. The maximum Gasteiger partial charge on any atom is 0.266 e. The normalized spacial score (nSPS) is 12.8. The van der Waals surface area contributed by atoms with Crippen LogP contribution >= 0.6 is 0 Å². The van der Waals surface area contributed by atoms with Gasteiger partial charge in [-0.15, -0.1) is 0 Å². The average Bonchev–Trinajstić information content (AvgIpc) is 2.97. The third-order valence-electron chi connectivity index (χ3n) is 4.42. The van der Waals surface area contributed by atoms with E-state index in [1.165, 1.54) is 0 Å². The lowest BCUT2D eigenvalue weighted by Crippen LogP contribution is -2.32. The van der Waals surface area contributed by atoms with Gasteiger partial charge in [0, 0.05) is 29.2 Å². The molecular formula is C19H20N2O5S. The second-order valence-electron chi connectivity index (χ2n) is 6.30. The molecule has 27 heavy (non-hydrogen) atoms. The van der Waals surface area contributed by atoms with Crippen molar-refractivity contribution in [2.45, 2.75) is 12.8 Å². The van der Waals surface area contributed by atoms with Gasteiger partial charge in [-0.05, 0) is 30.7 Å². The minimum atomic E-state index is -4.10. The molecule has 2 aromatic carbocycles. The summed E-state index contributed by atoms with van der Waals surface area (Å²) in [7, 11) is -4.10. The van der Waals surface area contributed by atoms with E-state index in [0.717, 1.165) is 22.0 Å². The van der Waals surface area contributed by atoms with E-state index in [1.54, 1.807) is 35.8 Å². The van der Waals surface area contributed by atoms with Crippen LogP contribution in [0.1, 0.15) is 18.4 Å². The van der Waals surface area contributed by atoms with Crippen LogP contribution in [0.25, 0.3) is 16.5 Å². The molecule has 7 nitrogen and oxygen atoms in total. The maximum atomic E-state index is 12.1. The predicted molar refractivity (Wildman–Crippen MR) is 103 cm³/mol. The Hall–Kier alpha value is -2.84. The molecule has 0 saturated carbocycles. The summed E-state index contributed by atoms with van der Waals surface area (Å²) in [5.74, 6) is -1.20. The summed E-state index contributed by atoms with van der Waals surface area (Å²) in [5.41, 5.74) is 1.51. The number of amides is 1. The van der Waals surface area contributed by atoms with Gasteiger partial charge in [0.15, 0.2) is 0 Å². The van der Waals surface area contributed by atoms with Crippen LogP contribution in [0.4, 0.5) is 0 Å². The Balaban J connectivity index is 1.74. The molecule has 0 fully saturated rings. The highest BCUT2D eigenvalue weighted by molar-refractivity contribution is 7.85. The third kappa shape index (κ3) is 4.29. The summed E-state index contributed by atoms with van der Waals surface area (Å²) in [6.45, 7) is 1.56. The predicted octanol–water partition coefficient (Wildman–Crippen LogP) is 2.44. The van der Waals surface area contributed by atoms with E-state index in [2.05, 4.69) is 5.32 Å². The Bertz CT molecular complexity index is 1070. The molecule has 0 aliphatic rings. The summed E-state index contributed by atoms with van der Waals surface area (Å²) in [6, 6.07) is 14.7. The van der Waals surface area contributed by atoms with Crippen LogP contribution in [-0.2, 0) is 14.9 Å². The molecule has 0 saturated heterocycles. The summed E-state index contributed by atoms with van der Waals surface area (Å²) >= 11 is 0. The number of fused-ring (bicyclic) bond motifs is 1. The van der Waals surface area contributed by atoms with Crippen LogP contribution < -0.4 is 5.32 Å². The van der Waals surface area contributed by atoms with Gasteiger partial charge in [0.25, 0.3) is 10.1 Å². The van der Waals surface area contributed by atoms with Crippen LogP contribution in [0.15, 0.2) is 54.7 Å². The third-order valence-corrected chi connectivity index (χ3v) is 5.14. The Morgan fingerprint density at radius 2 is 1.81 bits per heavy atom. The molecule has 0 spiro atoms. The quantitative estimate of drug-likeness (QED) is 0.562. The first-order valence-corrected chi connectivity index (χ1v) is 9.99. The van der Waals surface area contributed by atoms with Crippen molar-refractivity contribution >= 4 is 26.8 Å². The fraction of sp³-hybridized carbons (Fsp3) is 0.211. The van der Waals surface area contributed by atoms with Crippen molar-refractivity contribution in [3.63, 3.8) is 0 Å². The number of nitrogens with one attached hydrogen (secondary N) is 1. The number of benzene rings is 2. The molecule has 0 bridgehead atoms. The zero-order valence-electron chi connectivity index (χ0n) is 14.7. The molecule has 1 unspecified atom stereocenters. The minimum absolute atomic E-state index is 0.148.